The van der Waals surface area contributed by atoms with Crippen LogP contribution in [0.2, 0.25) is 0 Å². The Morgan fingerprint density at radius 1 is 0.938 bits per heavy atom. The molecule has 0 saturated carbocycles. The summed E-state index contributed by atoms with van der Waals surface area (Å²) in [7, 11) is 0. The van der Waals surface area contributed by atoms with Crippen LogP contribution in [-0.2, 0) is 12.6 Å². The summed E-state index contributed by atoms with van der Waals surface area (Å²) >= 11 is 0. The zero-order valence-electron chi connectivity index (χ0n) is 27.9. The Hall–Kier alpha value is -4.48. The molecular formula is C36H44F5N5O2. The summed E-state index contributed by atoms with van der Waals surface area (Å²) in [6.45, 7) is 12.4. The zero-order chi connectivity index (χ0) is 35.3. The van der Waals surface area contributed by atoms with Crippen molar-refractivity contribution in [3.05, 3.63) is 89.8 Å². The Labute approximate surface area is 278 Å². The molecule has 0 unspecified atom stereocenters. The van der Waals surface area contributed by atoms with Gasteiger partial charge < -0.3 is 15.2 Å². The van der Waals surface area contributed by atoms with Crippen LogP contribution >= 0.6 is 0 Å². The van der Waals surface area contributed by atoms with Gasteiger partial charge in [0, 0.05) is 11.8 Å². The van der Waals surface area contributed by atoms with E-state index in [2.05, 4.69) is 58.8 Å². The molecule has 0 fully saturated rings. The second kappa shape index (κ2) is 17.6. The molecule has 0 saturated heterocycles. The number of nitrogens with zero attached hydrogens (tertiary/aromatic N) is 4. The van der Waals surface area contributed by atoms with E-state index < -0.39 is 18.0 Å². The topological polar surface area (TPSA) is 87.6 Å². The van der Waals surface area contributed by atoms with Crippen LogP contribution in [0.5, 0.6) is 11.5 Å². The summed E-state index contributed by atoms with van der Waals surface area (Å²) in [6, 6.07) is 9.35. The molecular weight excluding hydrogens is 629 g/mol. The third kappa shape index (κ3) is 10.5. The highest BCUT2D eigenvalue weighted by Crippen LogP contribution is 2.45. The average molecular weight is 674 g/mol. The van der Waals surface area contributed by atoms with E-state index in [9.17, 15) is 22.0 Å². The molecule has 1 aliphatic rings. The van der Waals surface area contributed by atoms with Gasteiger partial charge in [-0.05, 0) is 31.1 Å². The van der Waals surface area contributed by atoms with E-state index in [-0.39, 0.29) is 23.0 Å². The van der Waals surface area contributed by atoms with Crippen molar-refractivity contribution in [2.24, 2.45) is 0 Å². The minimum Gasteiger partial charge on any atom is -0.395 e. The second-order valence-electron chi connectivity index (χ2n) is 11.3. The van der Waals surface area contributed by atoms with Gasteiger partial charge in [-0.2, -0.15) is 17.7 Å². The Bertz CT molecular complexity index is 1690. The van der Waals surface area contributed by atoms with E-state index in [1.165, 1.54) is 66.8 Å². The summed E-state index contributed by atoms with van der Waals surface area (Å²) in [5, 5.41) is 4.97. The fourth-order valence-electron chi connectivity index (χ4n) is 4.94. The molecule has 1 aliphatic heterocycles. The van der Waals surface area contributed by atoms with Crippen LogP contribution in [0.3, 0.4) is 0 Å². The summed E-state index contributed by atoms with van der Waals surface area (Å²) < 4.78 is 72.9. The Morgan fingerprint density at radius 2 is 1.60 bits per heavy atom. The van der Waals surface area contributed by atoms with Crippen molar-refractivity contribution in [3.63, 3.8) is 0 Å². The first-order valence-corrected chi connectivity index (χ1v) is 16.2. The number of nitrogen functional groups attached to an aromatic ring is 1. The lowest BCUT2D eigenvalue weighted by atomic mass is 10.0. The van der Waals surface area contributed by atoms with Crippen molar-refractivity contribution in [1.82, 2.24) is 19.6 Å². The number of aromatic nitrogens is 4. The number of rotatable bonds is 11. The molecule has 3 heterocycles. The first-order valence-electron chi connectivity index (χ1n) is 16.2. The highest BCUT2D eigenvalue weighted by molar-refractivity contribution is 5.97. The smallest absolute Gasteiger partial charge is 0.395 e. The molecule has 260 valence electrons. The maximum absolute atomic E-state index is 13.5. The van der Waals surface area contributed by atoms with Crippen LogP contribution in [0.15, 0.2) is 78.4 Å². The lowest BCUT2D eigenvalue weighted by Crippen LogP contribution is -2.26. The van der Waals surface area contributed by atoms with Crippen LogP contribution in [0.1, 0.15) is 90.4 Å². The number of hydrogen-bond donors (Lipinski definition) is 1. The highest BCUT2D eigenvalue weighted by atomic mass is 19.4. The predicted molar refractivity (Wildman–Crippen MR) is 180 cm³/mol. The SMILES string of the molecule is C=C/C=C\C(Cc1nc2c3ccc4c(c3nc(N)n2n1)OC(F)(F)O4)=C(\C)CCC.CCCCCCCC.FC(F)(F)c1ccccc1. The molecule has 4 aromatic rings. The van der Waals surface area contributed by atoms with Gasteiger partial charge in [-0.15, -0.1) is 13.9 Å². The molecule has 0 amide bonds. The number of ether oxygens (including phenoxy) is 2. The fraction of sp³-hybridized carbons (Fsp3) is 0.417. The Balaban J connectivity index is 0.000000284. The van der Waals surface area contributed by atoms with Crippen molar-refractivity contribution in [1.29, 1.82) is 0 Å². The second-order valence-corrected chi connectivity index (χ2v) is 11.3. The van der Waals surface area contributed by atoms with Gasteiger partial charge in [-0.1, -0.05) is 126 Å². The van der Waals surface area contributed by atoms with E-state index in [4.69, 9.17) is 5.73 Å². The zero-order valence-corrected chi connectivity index (χ0v) is 27.9. The van der Waals surface area contributed by atoms with E-state index in [0.29, 0.717) is 23.3 Å². The normalized spacial score (nSPS) is 13.9. The quantitative estimate of drug-likeness (QED) is 0.0969. The predicted octanol–water partition coefficient (Wildman–Crippen LogP) is 10.7. The maximum atomic E-state index is 13.5. The van der Waals surface area contributed by atoms with Crippen LogP contribution < -0.4 is 15.2 Å². The number of allylic oxidation sites excluding steroid dienone is 5. The molecule has 0 bridgehead atoms. The van der Waals surface area contributed by atoms with E-state index >= 15 is 0 Å². The number of fused-ring (bicyclic) bond motifs is 5. The van der Waals surface area contributed by atoms with Gasteiger partial charge in [0.15, 0.2) is 23.0 Å². The van der Waals surface area contributed by atoms with Gasteiger partial charge in [0.25, 0.3) is 0 Å². The Morgan fingerprint density at radius 3 is 2.17 bits per heavy atom. The molecule has 2 aromatic heterocycles. The number of hydrogen-bond acceptors (Lipinski definition) is 6. The summed E-state index contributed by atoms with van der Waals surface area (Å²) in [6.07, 6.45) is 8.57. The van der Waals surface area contributed by atoms with Gasteiger partial charge in [0.05, 0.1) is 5.56 Å². The minimum absolute atomic E-state index is 0.0147. The molecule has 2 aromatic carbocycles. The number of halogens is 5. The van der Waals surface area contributed by atoms with E-state index in [0.717, 1.165) is 30.5 Å². The largest absolute Gasteiger partial charge is 0.586 e. The molecule has 0 atom stereocenters. The summed E-state index contributed by atoms with van der Waals surface area (Å²) in [5.41, 5.74) is 8.32. The van der Waals surface area contributed by atoms with Crippen LogP contribution in [0, 0.1) is 0 Å². The van der Waals surface area contributed by atoms with Crippen molar-refractivity contribution < 1.29 is 31.4 Å². The van der Waals surface area contributed by atoms with Crippen LogP contribution in [0.4, 0.5) is 27.9 Å². The average Bonchev–Trinajstić information content (AvgIpc) is 3.62. The monoisotopic (exact) mass is 673 g/mol. The van der Waals surface area contributed by atoms with Crippen molar-refractivity contribution in [2.45, 2.75) is 98.0 Å². The molecule has 5 rings (SSSR count). The van der Waals surface area contributed by atoms with Crippen molar-refractivity contribution >= 4 is 22.5 Å². The first-order chi connectivity index (χ1) is 22.8. The van der Waals surface area contributed by atoms with Crippen LogP contribution in [-0.4, -0.2) is 25.9 Å². The summed E-state index contributed by atoms with van der Waals surface area (Å²) in [5.74, 6) is 0.294. The third-order valence-electron chi connectivity index (χ3n) is 7.39. The number of benzene rings is 2. The van der Waals surface area contributed by atoms with Crippen LogP contribution in [0.25, 0.3) is 16.6 Å². The van der Waals surface area contributed by atoms with Gasteiger partial charge >= 0.3 is 12.5 Å². The lowest BCUT2D eigenvalue weighted by molar-refractivity contribution is -0.286. The van der Waals surface area contributed by atoms with Gasteiger partial charge in [0.1, 0.15) is 5.52 Å². The van der Waals surface area contributed by atoms with E-state index in [1.54, 1.807) is 18.2 Å². The third-order valence-corrected chi connectivity index (χ3v) is 7.39. The first kappa shape index (κ1) is 38.0. The Kier molecular flexibility index (Phi) is 13.9. The van der Waals surface area contributed by atoms with Gasteiger partial charge in [0.2, 0.25) is 5.95 Å². The standard InChI is InChI=1S/C21H21F2N5O2.C8H18.C7H5F3/c1-4-6-8-13(12(3)7-5-2)11-16-25-19-14-9-10-15-18(30-21(22,23)29-15)17(14)26-20(24)28(19)27-16;1-3-5-7-8-6-4-2;8-7(9,10)6-4-2-1-3-5-6/h4,6,8-10H,1,5,7,11H2,2-3H3,(H2,24,26);3-8H2,1-2H3;1-5H/b8-6-,13-12+;;. The number of unbranched alkanes of at least 4 members (excludes halogenated alkanes) is 5. The number of anilines is 1. The fourth-order valence-corrected chi connectivity index (χ4v) is 4.94. The molecule has 2 N–H and O–H groups in total. The molecule has 12 heteroatoms. The molecule has 7 nitrogen and oxygen atoms in total. The highest BCUT2D eigenvalue weighted by Gasteiger charge is 2.45. The van der Waals surface area contributed by atoms with E-state index in [1.807, 2.05) is 12.2 Å². The van der Waals surface area contributed by atoms with Crippen molar-refractivity contribution in [2.75, 3.05) is 5.73 Å². The lowest BCUT2D eigenvalue weighted by Gasteiger charge is -2.06. The van der Waals surface area contributed by atoms with Crippen molar-refractivity contribution in [3.8, 4) is 11.5 Å². The molecule has 0 spiro atoms. The van der Waals surface area contributed by atoms with Gasteiger partial charge in [-0.25, -0.2) is 9.97 Å². The molecule has 48 heavy (non-hydrogen) atoms. The minimum atomic E-state index is -4.21. The number of alkyl halides is 5. The number of nitrogens with two attached hydrogens (primary N) is 1. The maximum Gasteiger partial charge on any atom is 0.586 e. The molecule has 0 radical (unpaired) electrons. The molecule has 0 aliphatic carbocycles. The summed E-state index contributed by atoms with van der Waals surface area (Å²) in [4.78, 5) is 8.82. The van der Waals surface area contributed by atoms with Gasteiger partial charge in [-0.3, -0.25) is 0 Å².